The molecule has 4 rings (SSSR count). The SMILES string of the molecule is Cc1c(C(=O)N(C)C)sc2c1c(=O)n(-c1ccc(Cl)c(Cl)c1)c(=O)n2Cc1cccc([N+](=O)[O-])c1. The van der Waals surface area contributed by atoms with Crippen LogP contribution in [-0.2, 0) is 6.54 Å². The molecular formula is C23H18Cl2N4O5S. The number of rotatable bonds is 5. The van der Waals surface area contributed by atoms with Gasteiger partial charge in [-0.25, -0.2) is 9.36 Å². The Bertz CT molecular complexity index is 1640. The summed E-state index contributed by atoms with van der Waals surface area (Å²) in [6.45, 7) is 1.59. The first kappa shape index (κ1) is 24.6. The van der Waals surface area contributed by atoms with Crippen molar-refractivity contribution in [3.8, 4) is 5.69 Å². The van der Waals surface area contributed by atoms with Gasteiger partial charge in [0, 0.05) is 26.2 Å². The molecule has 2 heterocycles. The van der Waals surface area contributed by atoms with Crippen molar-refractivity contribution in [2.75, 3.05) is 14.1 Å². The Kier molecular flexibility index (Phi) is 6.54. The number of aromatic nitrogens is 2. The minimum Gasteiger partial charge on any atom is -0.344 e. The van der Waals surface area contributed by atoms with Gasteiger partial charge >= 0.3 is 5.69 Å². The highest BCUT2D eigenvalue weighted by atomic mass is 35.5. The van der Waals surface area contributed by atoms with E-state index in [2.05, 4.69) is 0 Å². The van der Waals surface area contributed by atoms with E-state index in [4.69, 9.17) is 23.2 Å². The van der Waals surface area contributed by atoms with E-state index < -0.39 is 16.2 Å². The molecule has 180 valence electrons. The molecule has 12 heteroatoms. The molecule has 0 aliphatic heterocycles. The zero-order chi connectivity index (χ0) is 25.6. The average molecular weight is 533 g/mol. The monoisotopic (exact) mass is 532 g/mol. The van der Waals surface area contributed by atoms with Crippen LogP contribution in [0.4, 0.5) is 5.69 Å². The Balaban J connectivity index is 2.07. The van der Waals surface area contributed by atoms with Crippen LogP contribution in [0.15, 0.2) is 52.1 Å². The highest BCUT2D eigenvalue weighted by Gasteiger charge is 2.25. The minimum atomic E-state index is -0.683. The van der Waals surface area contributed by atoms with Gasteiger partial charge in [0.1, 0.15) is 4.83 Å². The summed E-state index contributed by atoms with van der Waals surface area (Å²) >= 11 is 13.2. The predicted octanol–water partition coefficient (Wildman–Crippen LogP) is 4.49. The second-order valence-electron chi connectivity index (χ2n) is 7.97. The van der Waals surface area contributed by atoms with E-state index in [-0.39, 0.29) is 39.3 Å². The van der Waals surface area contributed by atoms with Crippen LogP contribution in [0.1, 0.15) is 20.8 Å². The van der Waals surface area contributed by atoms with Crippen LogP contribution in [0, 0.1) is 17.0 Å². The van der Waals surface area contributed by atoms with Gasteiger partial charge in [-0.2, -0.15) is 0 Å². The Morgan fingerprint density at radius 3 is 2.46 bits per heavy atom. The van der Waals surface area contributed by atoms with Crippen molar-refractivity contribution in [3.05, 3.63) is 99.5 Å². The van der Waals surface area contributed by atoms with Gasteiger partial charge in [0.25, 0.3) is 17.2 Å². The number of nitro benzene ring substituents is 1. The maximum atomic E-state index is 13.7. The van der Waals surface area contributed by atoms with Crippen LogP contribution in [0.25, 0.3) is 15.9 Å². The Morgan fingerprint density at radius 1 is 1.11 bits per heavy atom. The number of carbonyl (C=O) groups is 1. The molecule has 0 aliphatic rings. The maximum Gasteiger partial charge on any atom is 0.337 e. The van der Waals surface area contributed by atoms with Crippen LogP contribution in [0.3, 0.4) is 0 Å². The fourth-order valence-corrected chi connectivity index (χ4v) is 5.30. The zero-order valence-corrected chi connectivity index (χ0v) is 21.1. The number of thiophene rings is 1. The van der Waals surface area contributed by atoms with E-state index in [1.807, 2.05) is 0 Å². The number of benzene rings is 2. The summed E-state index contributed by atoms with van der Waals surface area (Å²) in [5.74, 6) is -0.307. The molecule has 0 aliphatic carbocycles. The third-order valence-electron chi connectivity index (χ3n) is 5.44. The number of amides is 1. The molecule has 2 aromatic heterocycles. The number of hydrogen-bond donors (Lipinski definition) is 0. The van der Waals surface area contributed by atoms with E-state index >= 15 is 0 Å². The molecule has 0 fully saturated rings. The molecule has 0 atom stereocenters. The van der Waals surface area contributed by atoms with E-state index in [1.165, 1.54) is 45.9 Å². The van der Waals surface area contributed by atoms with Gasteiger partial charge < -0.3 is 4.90 Å². The van der Waals surface area contributed by atoms with Gasteiger partial charge in [-0.1, -0.05) is 35.3 Å². The van der Waals surface area contributed by atoms with Crippen molar-refractivity contribution < 1.29 is 9.72 Å². The third kappa shape index (κ3) is 4.36. The first-order valence-corrected chi connectivity index (χ1v) is 11.8. The average Bonchev–Trinajstić information content (AvgIpc) is 3.15. The molecule has 0 radical (unpaired) electrons. The van der Waals surface area contributed by atoms with Gasteiger partial charge in [-0.3, -0.25) is 24.3 Å². The van der Waals surface area contributed by atoms with E-state index in [1.54, 1.807) is 27.1 Å². The highest BCUT2D eigenvalue weighted by molar-refractivity contribution is 7.20. The number of nitrogens with zero attached hydrogens (tertiary/aromatic N) is 4. The molecule has 4 aromatic rings. The van der Waals surface area contributed by atoms with Gasteiger partial charge in [0.15, 0.2) is 0 Å². The molecule has 0 saturated heterocycles. The lowest BCUT2D eigenvalue weighted by Gasteiger charge is -2.13. The van der Waals surface area contributed by atoms with Crippen LogP contribution in [0.5, 0.6) is 0 Å². The molecule has 0 N–H and O–H groups in total. The smallest absolute Gasteiger partial charge is 0.337 e. The summed E-state index contributed by atoms with van der Waals surface area (Å²) in [7, 11) is 3.19. The van der Waals surface area contributed by atoms with Crippen molar-refractivity contribution >= 4 is 56.3 Å². The van der Waals surface area contributed by atoms with Crippen molar-refractivity contribution in [2.45, 2.75) is 13.5 Å². The number of halogens is 2. The second kappa shape index (κ2) is 9.29. The van der Waals surface area contributed by atoms with Crippen molar-refractivity contribution in [2.24, 2.45) is 0 Å². The van der Waals surface area contributed by atoms with Gasteiger partial charge in [0.05, 0.1) is 37.5 Å². The fraction of sp³-hybridized carbons (Fsp3) is 0.174. The lowest BCUT2D eigenvalue weighted by Crippen LogP contribution is -2.39. The first-order chi connectivity index (χ1) is 16.5. The number of non-ortho nitro benzene ring substituents is 1. The normalized spacial score (nSPS) is 11.1. The van der Waals surface area contributed by atoms with Crippen LogP contribution >= 0.6 is 34.5 Å². The summed E-state index contributed by atoms with van der Waals surface area (Å²) < 4.78 is 2.30. The second-order valence-corrected chi connectivity index (χ2v) is 9.78. The van der Waals surface area contributed by atoms with Gasteiger partial charge in [-0.05, 0) is 36.2 Å². The molecule has 0 bridgehead atoms. The number of hydrogen-bond acceptors (Lipinski definition) is 6. The predicted molar refractivity (Wildman–Crippen MR) is 137 cm³/mol. The van der Waals surface area contributed by atoms with Crippen molar-refractivity contribution in [3.63, 3.8) is 0 Å². The lowest BCUT2D eigenvalue weighted by atomic mass is 10.1. The molecule has 0 unspecified atom stereocenters. The number of carbonyl (C=O) groups excluding carboxylic acids is 1. The summed E-state index contributed by atoms with van der Waals surface area (Å²) in [5.41, 5.74) is -0.294. The number of nitro groups is 1. The topological polar surface area (TPSA) is 107 Å². The molecule has 9 nitrogen and oxygen atoms in total. The van der Waals surface area contributed by atoms with E-state index in [9.17, 15) is 24.5 Å². The third-order valence-corrected chi connectivity index (χ3v) is 7.48. The maximum absolute atomic E-state index is 13.7. The summed E-state index contributed by atoms with van der Waals surface area (Å²) in [6.07, 6.45) is 0. The molecule has 2 aromatic carbocycles. The van der Waals surface area contributed by atoms with Crippen LogP contribution in [-0.4, -0.2) is 39.0 Å². The molecule has 1 amide bonds. The van der Waals surface area contributed by atoms with Gasteiger partial charge in [-0.15, -0.1) is 11.3 Å². The Labute approximate surface area is 212 Å². The Hall–Kier alpha value is -3.47. The molecular weight excluding hydrogens is 515 g/mol. The number of aryl methyl sites for hydroxylation is 1. The zero-order valence-electron chi connectivity index (χ0n) is 18.7. The quantitative estimate of drug-likeness (QED) is 0.278. The first-order valence-electron chi connectivity index (χ1n) is 10.2. The summed E-state index contributed by atoms with van der Waals surface area (Å²) in [5, 5.41) is 11.9. The molecule has 0 spiro atoms. The number of fused-ring (bicyclic) bond motifs is 1. The Morgan fingerprint density at radius 2 is 1.83 bits per heavy atom. The van der Waals surface area contributed by atoms with Crippen molar-refractivity contribution in [1.82, 2.24) is 14.0 Å². The van der Waals surface area contributed by atoms with Crippen LogP contribution < -0.4 is 11.2 Å². The minimum absolute atomic E-state index is 0.0613. The lowest BCUT2D eigenvalue weighted by molar-refractivity contribution is -0.384. The summed E-state index contributed by atoms with van der Waals surface area (Å²) in [6, 6.07) is 10.2. The van der Waals surface area contributed by atoms with Crippen molar-refractivity contribution in [1.29, 1.82) is 0 Å². The molecule has 35 heavy (non-hydrogen) atoms. The van der Waals surface area contributed by atoms with E-state index in [0.29, 0.717) is 20.8 Å². The van der Waals surface area contributed by atoms with Crippen LogP contribution in [0.2, 0.25) is 10.0 Å². The summed E-state index contributed by atoms with van der Waals surface area (Å²) in [4.78, 5) is 52.8. The van der Waals surface area contributed by atoms with Gasteiger partial charge in [0.2, 0.25) is 0 Å². The largest absolute Gasteiger partial charge is 0.344 e. The molecule has 0 saturated carbocycles. The highest BCUT2D eigenvalue weighted by Crippen LogP contribution is 2.30. The van der Waals surface area contributed by atoms with E-state index in [0.717, 1.165) is 15.9 Å². The fourth-order valence-electron chi connectivity index (χ4n) is 3.70. The standard InChI is InChI=1S/C23H18Cl2N4O5S/c1-12-18-20(30)28(14-7-8-16(24)17(25)10-14)23(32)27(22(18)35-19(12)21(31)26(2)3)11-13-5-4-6-15(9-13)29(33)34/h4-10H,11H2,1-3H3.